The maximum absolute atomic E-state index is 12.9. The highest BCUT2D eigenvalue weighted by molar-refractivity contribution is 5.33. The second-order valence-electron chi connectivity index (χ2n) is 4.88. The lowest BCUT2D eigenvalue weighted by molar-refractivity contribution is 0.163. The summed E-state index contributed by atoms with van der Waals surface area (Å²) in [6.07, 6.45) is 3.68. The highest BCUT2D eigenvalue weighted by Gasteiger charge is 2.13. The normalized spacial score (nSPS) is 14.0. The van der Waals surface area contributed by atoms with E-state index >= 15 is 0 Å². The molecule has 0 saturated carbocycles. The topological polar surface area (TPSA) is 39.1 Å². The Hall–Kier alpha value is -1.88. The van der Waals surface area contributed by atoms with Gasteiger partial charge in [-0.25, -0.2) is 9.37 Å². The Morgan fingerprint density at radius 2 is 2.00 bits per heavy atom. The van der Waals surface area contributed by atoms with Gasteiger partial charge >= 0.3 is 0 Å². The summed E-state index contributed by atoms with van der Waals surface area (Å²) >= 11 is 0. The van der Waals surface area contributed by atoms with Gasteiger partial charge < -0.3 is 14.6 Å². The van der Waals surface area contributed by atoms with Crippen LogP contribution < -0.4 is 5.32 Å². The first kappa shape index (κ1) is 14.5. The monoisotopic (exact) mass is 277 g/mol. The van der Waals surface area contributed by atoms with Crippen LogP contribution in [-0.4, -0.2) is 23.3 Å². The number of nitrogens with zero attached hydrogens (tertiary/aromatic N) is 2. The highest BCUT2D eigenvalue weighted by Crippen LogP contribution is 2.21. The van der Waals surface area contributed by atoms with Crippen molar-refractivity contribution in [3.05, 3.63) is 48.0 Å². The predicted molar refractivity (Wildman–Crippen MR) is 77.3 cm³/mol. The lowest BCUT2D eigenvalue weighted by Crippen LogP contribution is -2.16. The maximum Gasteiger partial charge on any atom is 0.203 e. The number of anilines is 1. The molecule has 0 aliphatic rings. The summed E-state index contributed by atoms with van der Waals surface area (Å²) < 4.78 is 20.1. The van der Waals surface area contributed by atoms with Crippen LogP contribution in [0.15, 0.2) is 36.7 Å². The number of halogens is 1. The smallest absolute Gasteiger partial charge is 0.203 e. The molecular weight excluding hydrogens is 257 g/mol. The van der Waals surface area contributed by atoms with Crippen molar-refractivity contribution in [2.24, 2.45) is 0 Å². The molecule has 1 N–H and O–H groups in total. The number of ether oxygens (including phenoxy) is 1. The average molecular weight is 277 g/mol. The first-order valence-corrected chi connectivity index (χ1v) is 6.65. The van der Waals surface area contributed by atoms with Crippen molar-refractivity contribution in [3.63, 3.8) is 0 Å². The van der Waals surface area contributed by atoms with Crippen LogP contribution in [0, 0.1) is 5.82 Å². The number of nitrogens with one attached hydrogen (secondary N) is 1. The quantitative estimate of drug-likeness (QED) is 0.879. The van der Waals surface area contributed by atoms with Gasteiger partial charge in [-0.05, 0) is 31.5 Å². The van der Waals surface area contributed by atoms with Crippen LogP contribution in [0.2, 0.25) is 0 Å². The van der Waals surface area contributed by atoms with E-state index in [-0.39, 0.29) is 17.9 Å². The lowest BCUT2D eigenvalue weighted by Gasteiger charge is -2.19. The molecule has 1 aromatic carbocycles. The Morgan fingerprint density at radius 1 is 1.30 bits per heavy atom. The fourth-order valence-corrected chi connectivity index (χ4v) is 2.13. The minimum atomic E-state index is -0.226. The molecule has 0 radical (unpaired) electrons. The second-order valence-corrected chi connectivity index (χ2v) is 4.88. The van der Waals surface area contributed by atoms with Crippen LogP contribution in [0.1, 0.15) is 31.5 Å². The van der Waals surface area contributed by atoms with Crippen LogP contribution in [0.4, 0.5) is 10.3 Å². The SMILES string of the molecule is COCC(C)n1ccnc1NC(C)c1ccc(F)cc1. The third-order valence-electron chi connectivity index (χ3n) is 3.27. The molecule has 1 aromatic heterocycles. The molecule has 0 aliphatic heterocycles. The molecule has 2 unspecified atom stereocenters. The number of rotatable bonds is 6. The minimum Gasteiger partial charge on any atom is -0.383 e. The van der Waals surface area contributed by atoms with Gasteiger partial charge in [-0.1, -0.05) is 12.1 Å². The van der Waals surface area contributed by atoms with Gasteiger partial charge in [-0.15, -0.1) is 0 Å². The summed E-state index contributed by atoms with van der Waals surface area (Å²) in [6.45, 7) is 4.71. The van der Waals surface area contributed by atoms with E-state index in [1.165, 1.54) is 12.1 Å². The Bertz CT molecular complexity index is 538. The Kier molecular flexibility index (Phi) is 4.74. The molecule has 108 valence electrons. The fourth-order valence-electron chi connectivity index (χ4n) is 2.13. The third kappa shape index (κ3) is 3.36. The number of imidazole rings is 1. The van der Waals surface area contributed by atoms with E-state index in [0.29, 0.717) is 6.61 Å². The van der Waals surface area contributed by atoms with E-state index in [1.807, 2.05) is 17.7 Å². The molecule has 0 aliphatic carbocycles. The van der Waals surface area contributed by atoms with Crippen molar-refractivity contribution in [1.82, 2.24) is 9.55 Å². The van der Waals surface area contributed by atoms with Crippen molar-refractivity contribution in [2.75, 3.05) is 19.0 Å². The van der Waals surface area contributed by atoms with E-state index in [0.717, 1.165) is 11.5 Å². The van der Waals surface area contributed by atoms with Gasteiger partial charge in [0.05, 0.1) is 18.7 Å². The summed E-state index contributed by atoms with van der Waals surface area (Å²) in [6, 6.07) is 6.73. The predicted octanol–water partition coefficient (Wildman–Crippen LogP) is 3.40. The molecule has 4 nitrogen and oxygen atoms in total. The molecular formula is C15H20FN3O. The molecule has 2 aromatic rings. The third-order valence-corrected chi connectivity index (χ3v) is 3.27. The van der Waals surface area contributed by atoms with Gasteiger partial charge in [0.2, 0.25) is 5.95 Å². The largest absolute Gasteiger partial charge is 0.383 e. The lowest BCUT2D eigenvalue weighted by atomic mass is 10.1. The molecule has 0 spiro atoms. The molecule has 5 heteroatoms. The van der Waals surface area contributed by atoms with Crippen molar-refractivity contribution in [2.45, 2.75) is 25.9 Å². The first-order chi connectivity index (χ1) is 9.61. The summed E-state index contributed by atoms with van der Waals surface area (Å²) in [5.41, 5.74) is 1.01. The van der Waals surface area contributed by atoms with Gasteiger partial charge in [0.1, 0.15) is 5.82 Å². The molecule has 2 atom stereocenters. The zero-order valence-electron chi connectivity index (χ0n) is 12.0. The molecule has 2 rings (SSSR count). The van der Waals surface area contributed by atoms with Crippen molar-refractivity contribution in [1.29, 1.82) is 0 Å². The zero-order chi connectivity index (χ0) is 14.5. The van der Waals surface area contributed by atoms with Gasteiger partial charge in [-0.3, -0.25) is 0 Å². The number of hydrogen-bond acceptors (Lipinski definition) is 3. The maximum atomic E-state index is 12.9. The summed E-state index contributed by atoms with van der Waals surface area (Å²) in [5.74, 6) is 0.558. The van der Waals surface area contributed by atoms with Gasteiger partial charge in [0, 0.05) is 19.5 Å². The average Bonchev–Trinajstić information content (AvgIpc) is 2.88. The van der Waals surface area contributed by atoms with Gasteiger partial charge in [0.25, 0.3) is 0 Å². The van der Waals surface area contributed by atoms with Crippen LogP contribution >= 0.6 is 0 Å². The standard InChI is InChI=1S/C15H20FN3O/c1-11(10-20-3)19-9-8-17-15(19)18-12(2)13-4-6-14(16)7-5-13/h4-9,11-12H,10H2,1-3H3,(H,17,18). The van der Waals surface area contributed by atoms with Crippen molar-refractivity contribution < 1.29 is 9.13 Å². The molecule has 0 fully saturated rings. The number of hydrogen-bond donors (Lipinski definition) is 1. The van der Waals surface area contributed by atoms with E-state index in [4.69, 9.17) is 4.74 Å². The minimum absolute atomic E-state index is 0.0477. The van der Waals surface area contributed by atoms with Crippen LogP contribution in [0.3, 0.4) is 0 Å². The Labute approximate surface area is 118 Å². The van der Waals surface area contributed by atoms with Crippen molar-refractivity contribution in [3.8, 4) is 0 Å². The number of benzene rings is 1. The van der Waals surface area contributed by atoms with E-state index in [2.05, 4.69) is 17.2 Å². The molecule has 0 saturated heterocycles. The Morgan fingerprint density at radius 3 is 2.65 bits per heavy atom. The van der Waals surface area contributed by atoms with Crippen LogP contribution in [0.5, 0.6) is 0 Å². The fraction of sp³-hybridized carbons (Fsp3) is 0.400. The van der Waals surface area contributed by atoms with Gasteiger partial charge in [-0.2, -0.15) is 0 Å². The molecule has 20 heavy (non-hydrogen) atoms. The van der Waals surface area contributed by atoms with Crippen molar-refractivity contribution >= 4 is 5.95 Å². The summed E-state index contributed by atoms with van der Waals surface area (Å²) in [7, 11) is 1.68. The van der Waals surface area contributed by atoms with E-state index in [1.54, 1.807) is 25.4 Å². The molecule has 0 bridgehead atoms. The van der Waals surface area contributed by atoms with Crippen LogP contribution in [0.25, 0.3) is 0 Å². The Balaban J connectivity index is 2.10. The van der Waals surface area contributed by atoms with Gasteiger partial charge in [0.15, 0.2) is 0 Å². The van der Waals surface area contributed by atoms with E-state index < -0.39 is 0 Å². The second kappa shape index (κ2) is 6.52. The summed E-state index contributed by atoms with van der Waals surface area (Å²) in [4.78, 5) is 4.32. The highest BCUT2D eigenvalue weighted by atomic mass is 19.1. The number of methoxy groups -OCH3 is 1. The van der Waals surface area contributed by atoms with Crippen LogP contribution in [-0.2, 0) is 4.74 Å². The van der Waals surface area contributed by atoms with E-state index in [9.17, 15) is 4.39 Å². The zero-order valence-corrected chi connectivity index (χ0v) is 12.0. The number of aromatic nitrogens is 2. The molecule has 0 amide bonds. The first-order valence-electron chi connectivity index (χ1n) is 6.65. The summed E-state index contributed by atoms with van der Waals surface area (Å²) in [5, 5.41) is 3.34. The molecule has 1 heterocycles.